The molecule has 1 unspecified atom stereocenters. The van der Waals surface area contributed by atoms with E-state index in [0.29, 0.717) is 5.92 Å². The van der Waals surface area contributed by atoms with Gasteiger partial charge in [0.2, 0.25) is 0 Å². The molecule has 2 aliphatic carbocycles. The Morgan fingerprint density at radius 3 is 2.21 bits per heavy atom. The fourth-order valence-corrected chi connectivity index (χ4v) is 14.2. The molecule has 0 saturated heterocycles. The van der Waals surface area contributed by atoms with E-state index < -0.39 is 21.3 Å². The van der Waals surface area contributed by atoms with Gasteiger partial charge in [0.1, 0.15) is 0 Å². The Labute approximate surface area is 255 Å². The van der Waals surface area contributed by atoms with Crippen LogP contribution in [0.5, 0.6) is 0 Å². The number of allylic oxidation sites excluding steroid dienone is 4. The number of hydrogen-bond donors (Lipinski definition) is 0. The first-order chi connectivity index (χ1) is 17.7. The minimum Gasteiger partial charge on any atom is -1.00 e. The van der Waals surface area contributed by atoms with Gasteiger partial charge in [-0.1, -0.05) is 0 Å². The van der Waals surface area contributed by atoms with Gasteiger partial charge in [-0.2, -0.15) is 0 Å². The fourth-order valence-electron chi connectivity index (χ4n) is 5.88. The summed E-state index contributed by atoms with van der Waals surface area (Å²) in [6, 6.07) is 22.8. The van der Waals surface area contributed by atoms with E-state index in [1.165, 1.54) is 39.0 Å². The van der Waals surface area contributed by atoms with Gasteiger partial charge in [-0.05, 0) is 0 Å². The van der Waals surface area contributed by atoms with Gasteiger partial charge in [0, 0.05) is 0 Å². The van der Waals surface area contributed by atoms with Crippen LogP contribution in [0.4, 0.5) is 0 Å². The van der Waals surface area contributed by atoms with Crippen LogP contribution < -0.4 is 28.1 Å². The third-order valence-corrected chi connectivity index (χ3v) is 15.7. The van der Waals surface area contributed by atoms with E-state index in [2.05, 4.69) is 121 Å². The molecule has 1 atom stereocenters. The van der Waals surface area contributed by atoms with E-state index in [-0.39, 0.29) is 30.2 Å². The minimum atomic E-state index is -2.54. The van der Waals surface area contributed by atoms with Crippen molar-refractivity contribution >= 4 is 18.6 Å². The van der Waals surface area contributed by atoms with Crippen molar-refractivity contribution in [1.29, 1.82) is 0 Å². The topological polar surface area (TPSA) is 0 Å². The fraction of sp³-hybridized carbons (Fsp3) is 0.250. The first-order valence-corrected chi connectivity index (χ1v) is 17.2. The molecule has 3 aromatic carbocycles. The molecule has 5 rings (SSSR count). The largest absolute Gasteiger partial charge is 1.00 e. The second-order valence-electron chi connectivity index (χ2n) is 11.4. The maximum atomic E-state index is 4.20. The molecule has 0 aromatic heterocycles. The molecule has 0 saturated carbocycles. The van der Waals surface area contributed by atoms with E-state index in [9.17, 15) is 0 Å². The Morgan fingerprint density at radius 2 is 1.59 bits per heavy atom. The molecule has 0 aliphatic heterocycles. The molecule has 0 N–H and O–H groups in total. The number of rotatable bonds is 6. The van der Waals surface area contributed by atoms with Crippen molar-refractivity contribution in [1.82, 2.24) is 0 Å². The molecular formula is C36H38Cl2Zr. The summed E-state index contributed by atoms with van der Waals surface area (Å²) < 4.78 is 4.96. The second kappa shape index (κ2) is 12.6. The third-order valence-electron chi connectivity index (χ3n) is 8.07. The average molecular weight is 633 g/mol. The Morgan fingerprint density at radius 1 is 0.923 bits per heavy atom. The molecule has 3 aromatic rings. The normalized spacial score (nSPS) is 15.6. The van der Waals surface area contributed by atoms with Crippen molar-refractivity contribution < 1.29 is 46.1 Å². The summed E-state index contributed by atoms with van der Waals surface area (Å²) in [7, 11) is 0. The summed E-state index contributed by atoms with van der Waals surface area (Å²) in [6.07, 6.45) is 11.4. The summed E-state index contributed by atoms with van der Waals surface area (Å²) >= 11 is -2.54. The predicted octanol–water partition coefficient (Wildman–Crippen LogP) is 2.93. The zero-order chi connectivity index (χ0) is 26.3. The maximum absolute atomic E-state index is 4.20. The third kappa shape index (κ3) is 6.02. The molecule has 3 heteroatoms. The Balaban J connectivity index is 0.00000210. The van der Waals surface area contributed by atoms with Crippen LogP contribution in [0.1, 0.15) is 68.9 Å². The summed E-state index contributed by atoms with van der Waals surface area (Å²) in [5.74, 6) is 0.529. The molecule has 200 valence electrons. The van der Waals surface area contributed by atoms with Gasteiger partial charge in [-0.25, -0.2) is 0 Å². The van der Waals surface area contributed by atoms with E-state index in [1.54, 1.807) is 15.3 Å². The van der Waals surface area contributed by atoms with Crippen molar-refractivity contribution in [3.05, 3.63) is 123 Å². The van der Waals surface area contributed by atoms with E-state index in [0.717, 1.165) is 12.8 Å². The van der Waals surface area contributed by atoms with Crippen molar-refractivity contribution in [3.63, 3.8) is 0 Å². The van der Waals surface area contributed by atoms with Gasteiger partial charge >= 0.3 is 232 Å². The van der Waals surface area contributed by atoms with E-state index in [4.69, 9.17) is 0 Å². The molecule has 0 fully saturated rings. The van der Waals surface area contributed by atoms with Crippen LogP contribution in [0.2, 0.25) is 0 Å². The van der Waals surface area contributed by atoms with Gasteiger partial charge < -0.3 is 24.8 Å². The maximum Gasteiger partial charge on any atom is -1.00 e. The number of fused-ring (bicyclic) bond motifs is 3. The number of hydrogen-bond acceptors (Lipinski definition) is 0. The first-order valence-electron chi connectivity index (χ1n) is 13.5. The van der Waals surface area contributed by atoms with Crippen LogP contribution in [-0.4, -0.2) is 3.21 Å². The smallest absolute Gasteiger partial charge is 1.00 e. The summed E-state index contributed by atoms with van der Waals surface area (Å²) in [5.41, 5.74) is 11.2. The van der Waals surface area contributed by atoms with Gasteiger partial charge in [-0.3, -0.25) is 0 Å². The van der Waals surface area contributed by atoms with Crippen molar-refractivity contribution in [3.8, 4) is 11.1 Å². The number of halogens is 2. The van der Waals surface area contributed by atoms with Crippen LogP contribution in [0.3, 0.4) is 0 Å². The molecule has 0 spiro atoms. The molecule has 0 amide bonds. The van der Waals surface area contributed by atoms with Crippen molar-refractivity contribution in [2.45, 2.75) is 47.5 Å². The van der Waals surface area contributed by atoms with E-state index in [1.807, 2.05) is 12.2 Å². The average Bonchev–Trinajstić information content (AvgIpc) is 3.50. The van der Waals surface area contributed by atoms with Crippen LogP contribution in [0.25, 0.3) is 23.3 Å². The Hall–Kier alpha value is -2.05. The molecule has 39 heavy (non-hydrogen) atoms. The van der Waals surface area contributed by atoms with Gasteiger partial charge in [-0.15, -0.1) is 0 Å². The van der Waals surface area contributed by atoms with Crippen molar-refractivity contribution in [2.75, 3.05) is 0 Å². The summed E-state index contributed by atoms with van der Waals surface area (Å²) in [6.45, 7) is 20.1. The molecule has 0 nitrogen and oxygen atoms in total. The SMILES string of the molecule is C=Cc1ccc2c(c1)-c1cc(C=C)c[c](/[Zr+2]([C]3=CC(C(C)(C)C)=CC3CC)=[C](/C)c3ccccc3)c1C2.[Cl-].[Cl-]. The van der Waals surface area contributed by atoms with Crippen LogP contribution >= 0.6 is 0 Å². The predicted molar refractivity (Wildman–Crippen MR) is 160 cm³/mol. The summed E-state index contributed by atoms with van der Waals surface area (Å²) in [5, 5.41) is 0. The van der Waals surface area contributed by atoms with Gasteiger partial charge in [0.05, 0.1) is 0 Å². The second-order valence-corrected chi connectivity index (χ2v) is 17.9. The standard InChI is InChI=1S/C17H13.C11H17.C8H8.2ClH.Zr/c1-3-12-5-7-14-11-15-8-6-13(4-2)10-17(15)16(14)9-12;1-5-9-6-7-10(8-9)11(2,3)4;1-2-8-6-4-3-5-7-8;;;/h3-7,9-10H,1-2,11H2;7-9H,5H2,1-4H3;3-7H,1H3;2*1H;/q;;;;;+2/p-2. The Bertz CT molecular complexity index is 1500. The van der Waals surface area contributed by atoms with Crippen LogP contribution in [0, 0.1) is 11.3 Å². The quantitative estimate of drug-likeness (QED) is 0.307. The minimum absolute atomic E-state index is 0. The molecular weight excluding hydrogens is 595 g/mol. The van der Waals surface area contributed by atoms with Gasteiger partial charge in [0.15, 0.2) is 0 Å². The zero-order valence-electron chi connectivity index (χ0n) is 23.7. The van der Waals surface area contributed by atoms with Crippen molar-refractivity contribution in [2.24, 2.45) is 11.3 Å². The van der Waals surface area contributed by atoms with Gasteiger partial charge in [0.25, 0.3) is 0 Å². The first kappa shape index (κ1) is 31.5. The van der Waals surface area contributed by atoms with Crippen LogP contribution in [0.15, 0.2) is 94.8 Å². The zero-order valence-corrected chi connectivity index (χ0v) is 27.7. The molecule has 0 bridgehead atoms. The van der Waals surface area contributed by atoms with Crippen LogP contribution in [-0.2, 0) is 27.7 Å². The molecule has 0 radical (unpaired) electrons. The molecule has 0 heterocycles. The summed E-state index contributed by atoms with van der Waals surface area (Å²) in [4.78, 5) is 0. The molecule has 2 aliphatic rings. The van der Waals surface area contributed by atoms with E-state index >= 15 is 0 Å². The Kier molecular flexibility index (Phi) is 10.2. The number of benzene rings is 3. The monoisotopic (exact) mass is 630 g/mol.